The van der Waals surface area contributed by atoms with Crippen LogP contribution in [0.25, 0.3) is 11.4 Å². The molecular formula is C19H18N4O2. The van der Waals surface area contributed by atoms with Crippen molar-refractivity contribution in [1.29, 1.82) is 0 Å². The van der Waals surface area contributed by atoms with Crippen LogP contribution in [-0.4, -0.2) is 20.4 Å². The Balaban J connectivity index is 1.75. The summed E-state index contributed by atoms with van der Waals surface area (Å²) < 4.78 is 1.57. The molecule has 0 saturated heterocycles. The first-order chi connectivity index (χ1) is 12.2. The fraction of sp³-hybridized carbons (Fsp3) is 0.158. The molecule has 2 aromatic heterocycles. The number of carbonyl (C=O) groups is 1. The second-order valence-corrected chi connectivity index (χ2v) is 5.56. The molecule has 0 aliphatic rings. The van der Waals surface area contributed by atoms with Gasteiger partial charge in [-0.2, -0.15) is 0 Å². The number of rotatable bonds is 5. The Morgan fingerprint density at radius 2 is 1.80 bits per heavy atom. The van der Waals surface area contributed by atoms with Crippen LogP contribution in [-0.2, 0) is 6.54 Å². The van der Waals surface area contributed by atoms with Crippen LogP contribution in [0.2, 0.25) is 0 Å². The lowest BCUT2D eigenvalue weighted by Gasteiger charge is -2.08. The molecule has 25 heavy (non-hydrogen) atoms. The zero-order valence-electron chi connectivity index (χ0n) is 13.8. The van der Waals surface area contributed by atoms with Crippen molar-refractivity contribution in [1.82, 2.24) is 14.5 Å². The van der Waals surface area contributed by atoms with Gasteiger partial charge < -0.3 is 9.88 Å². The highest BCUT2D eigenvalue weighted by atomic mass is 16.1. The summed E-state index contributed by atoms with van der Waals surface area (Å²) in [6, 6.07) is 12.6. The first kappa shape index (κ1) is 16.6. The summed E-state index contributed by atoms with van der Waals surface area (Å²) in [6.07, 6.45) is 5.47. The van der Waals surface area contributed by atoms with Crippen molar-refractivity contribution >= 4 is 11.6 Å². The zero-order chi connectivity index (χ0) is 17.6. The van der Waals surface area contributed by atoms with E-state index in [1.807, 2.05) is 37.3 Å². The zero-order valence-corrected chi connectivity index (χ0v) is 13.8. The van der Waals surface area contributed by atoms with E-state index >= 15 is 0 Å². The number of aryl methyl sites for hydroxylation is 1. The first-order valence-electron chi connectivity index (χ1n) is 8.06. The van der Waals surface area contributed by atoms with E-state index in [2.05, 4.69) is 15.3 Å². The van der Waals surface area contributed by atoms with Gasteiger partial charge in [-0.15, -0.1) is 0 Å². The third kappa shape index (κ3) is 3.98. The average Bonchev–Trinajstić information content (AvgIpc) is 2.65. The Hall–Kier alpha value is -3.28. The molecule has 2 heterocycles. The number of aromatic nitrogens is 3. The van der Waals surface area contributed by atoms with E-state index in [1.54, 1.807) is 16.8 Å². The molecule has 0 aliphatic carbocycles. The highest BCUT2D eigenvalue weighted by Gasteiger charge is 2.09. The molecule has 1 N–H and O–H groups in total. The van der Waals surface area contributed by atoms with Crippen LogP contribution in [0.1, 0.15) is 23.7 Å². The summed E-state index contributed by atoms with van der Waals surface area (Å²) >= 11 is 0. The minimum Gasteiger partial charge on any atom is -0.321 e. The van der Waals surface area contributed by atoms with Crippen molar-refractivity contribution in [2.24, 2.45) is 0 Å². The van der Waals surface area contributed by atoms with Crippen molar-refractivity contribution in [3.05, 3.63) is 77.0 Å². The number of nitrogens with zero attached hydrogens (tertiary/aromatic N) is 3. The largest absolute Gasteiger partial charge is 0.321 e. The topological polar surface area (TPSA) is 76.9 Å². The molecule has 126 valence electrons. The van der Waals surface area contributed by atoms with Crippen molar-refractivity contribution < 1.29 is 4.79 Å². The molecule has 1 amide bonds. The summed E-state index contributed by atoms with van der Waals surface area (Å²) in [7, 11) is 0. The summed E-state index contributed by atoms with van der Waals surface area (Å²) in [5, 5.41) is 2.76. The number of pyridine rings is 1. The third-order valence-corrected chi connectivity index (χ3v) is 3.65. The van der Waals surface area contributed by atoms with Gasteiger partial charge in [-0.05, 0) is 12.5 Å². The predicted molar refractivity (Wildman–Crippen MR) is 96.4 cm³/mol. The Kier molecular flexibility index (Phi) is 4.99. The molecule has 0 aliphatic heterocycles. The fourth-order valence-electron chi connectivity index (χ4n) is 2.41. The maximum absolute atomic E-state index is 12.3. The lowest BCUT2D eigenvalue weighted by atomic mass is 10.2. The van der Waals surface area contributed by atoms with Crippen molar-refractivity contribution in [3.63, 3.8) is 0 Å². The Bertz CT molecular complexity index is 918. The van der Waals surface area contributed by atoms with Crippen LogP contribution in [0.3, 0.4) is 0 Å². The van der Waals surface area contributed by atoms with E-state index in [9.17, 15) is 9.59 Å². The van der Waals surface area contributed by atoms with Gasteiger partial charge in [0.05, 0.1) is 11.3 Å². The quantitative estimate of drug-likeness (QED) is 0.778. The van der Waals surface area contributed by atoms with Crippen LogP contribution in [0.4, 0.5) is 5.69 Å². The van der Waals surface area contributed by atoms with Gasteiger partial charge >= 0.3 is 0 Å². The van der Waals surface area contributed by atoms with E-state index < -0.39 is 0 Å². The van der Waals surface area contributed by atoms with Crippen molar-refractivity contribution in [2.45, 2.75) is 19.9 Å². The van der Waals surface area contributed by atoms with Crippen LogP contribution >= 0.6 is 0 Å². The molecule has 0 atom stereocenters. The summed E-state index contributed by atoms with van der Waals surface area (Å²) in [4.78, 5) is 32.5. The van der Waals surface area contributed by atoms with E-state index in [1.165, 1.54) is 18.5 Å². The van der Waals surface area contributed by atoms with Gasteiger partial charge in [0.25, 0.3) is 11.5 Å². The number of benzene rings is 1. The van der Waals surface area contributed by atoms with Gasteiger partial charge in [0.15, 0.2) is 5.82 Å². The molecule has 0 saturated carbocycles. The average molecular weight is 334 g/mol. The maximum Gasteiger partial charge on any atom is 0.258 e. The van der Waals surface area contributed by atoms with Crippen molar-refractivity contribution in [3.8, 4) is 11.4 Å². The van der Waals surface area contributed by atoms with E-state index in [0.717, 1.165) is 12.0 Å². The number of hydrogen-bond acceptors (Lipinski definition) is 4. The smallest absolute Gasteiger partial charge is 0.258 e. The maximum atomic E-state index is 12.3. The number of carbonyl (C=O) groups excluding carboxylic acids is 1. The van der Waals surface area contributed by atoms with Gasteiger partial charge in [0, 0.05) is 36.8 Å². The Labute approximate surface area is 145 Å². The standard InChI is InChI=1S/C19H18N4O2/c1-2-10-23-13-16(8-9-17(23)24)22-19(25)15-11-20-18(21-12-15)14-6-4-3-5-7-14/h3-9,11-13H,2,10H2,1H3,(H,22,25). The van der Waals surface area contributed by atoms with Crippen LogP contribution in [0, 0.1) is 0 Å². The van der Waals surface area contributed by atoms with Crippen LogP contribution in [0.5, 0.6) is 0 Å². The van der Waals surface area contributed by atoms with Gasteiger partial charge in [0.1, 0.15) is 0 Å². The minimum atomic E-state index is -0.318. The number of nitrogens with one attached hydrogen (secondary N) is 1. The van der Waals surface area contributed by atoms with Crippen LogP contribution in [0.15, 0.2) is 65.8 Å². The first-order valence-corrected chi connectivity index (χ1v) is 8.06. The second kappa shape index (κ2) is 7.53. The highest BCUT2D eigenvalue weighted by molar-refractivity contribution is 6.03. The summed E-state index contributed by atoms with van der Waals surface area (Å²) in [6.45, 7) is 2.60. The van der Waals surface area contributed by atoms with Gasteiger partial charge in [-0.3, -0.25) is 9.59 Å². The highest BCUT2D eigenvalue weighted by Crippen LogP contribution is 2.14. The molecule has 0 unspecified atom stereocenters. The lowest BCUT2D eigenvalue weighted by molar-refractivity contribution is 0.102. The molecule has 0 fully saturated rings. The Morgan fingerprint density at radius 3 is 2.48 bits per heavy atom. The Morgan fingerprint density at radius 1 is 1.08 bits per heavy atom. The van der Waals surface area contributed by atoms with E-state index in [0.29, 0.717) is 23.6 Å². The second-order valence-electron chi connectivity index (χ2n) is 5.56. The van der Waals surface area contributed by atoms with E-state index in [4.69, 9.17) is 0 Å². The van der Waals surface area contributed by atoms with Crippen molar-refractivity contribution in [2.75, 3.05) is 5.32 Å². The lowest BCUT2D eigenvalue weighted by Crippen LogP contribution is -2.20. The normalized spacial score (nSPS) is 10.4. The van der Waals surface area contributed by atoms with Crippen LogP contribution < -0.4 is 10.9 Å². The molecule has 0 radical (unpaired) electrons. The van der Waals surface area contributed by atoms with Gasteiger partial charge in [0.2, 0.25) is 0 Å². The molecule has 3 rings (SSSR count). The molecule has 3 aromatic rings. The molecule has 0 bridgehead atoms. The molecule has 6 heteroatoms. The SMILES string of the molecule is CCCn1cc(NC(=O)c2cnc(-c3ccccc3)nc2)ccc1=O. The number of amides is 1. The van der Waals surface area contributed by atoms with E-state index in [-0.39, 0.29) is 11.5 Å². The molecule has 6 nitrogen and oxygen atoms in total. The fourth-order valence-corrected chi connectivity index (χ4v) is 2.41. The third-order valence-electron chi connectivity index (χ3n) is 3.65. The van der Waals surface area contributed by atoms with Gasteiger partial charge in [-0.1, -0.05) is 37.3 Å². The minimum absolute atomic E-state index is 0.0876. The number of anilines is 1. The molecule has 1 aromatic carbocycles. The van der Waals surface area contributed by atoms with Gasteiger partial charge in [-0.25, -0.2) is 9.97 Å². The monoisotopic (exact) mass is 334 g/mol. The summed E-state index contributed by atoms with van der Waals surface area (Å²) in [5.41, 5.74) is 1.72. The molecular weight excluding hydrogens is 316 g/mol. The number of hydrogen-bond donors (Lipinski definition) is 1. The predicted octanol–water partition coefficient (Wildman–Crippen LogP) is 2.97. The molecule has 0 spiro atoms. The summed E-state index contributed by atoms with van der Waals surface area (Å²) in [5.74, 6) is 0.245.